The molecule has 2 N–H and O–H groups in total. The average molecular weight is 313 g/mol. The number of sulfonamides is 1. The Morgan fingerprint density at radius 3 is 2.44 bits per heavy atom. The van der Waals surface area contributed by atoms with Crippen molar-refractivity contribution in [2.45, 2.75) is 30.9 Å². The molecule has 0 spiro atoms. The number of hydrogen-bond donors (Lipinski definition) is 2. The molecule has 7 heteroatoms. The molecule has 1 rings (SSSR count). The van der Waals surface area contributed by atoms with Gasteiger partial charge < -0.3 is 5.32 Å². The summed E-state index contributed by atoms with van der Waals surface area (Å²) in [7, 11) is -3.31. The molecule has 0 amide bonds. The van der Waals surface area contributed by atoms with Crippen molar-refractivity contribution in [2.75, 3.05) is 19.6 Å². The number of thiophene rings is 1. The third kappa shape index (κ3) is 5.67. The minimum Gasteiger partial charge on any atom is -0.315 e. The number of nitrogens with one attached hydrogen (secondary N) is 2. The quantitative estimate of drug-likeness (QED) is 0.722. The zero-order valence-corrected chi connectivity index (χ0v) is 13.2. The van der Waals surface area contributed by atoms with E-state index in [4.69, 9.17) is 0 Å². The lowest BCUT2D eigenvalue weighted by molar-refractivity contribution is 0.577. The summed E-state index contributed by atoms with van der Waals surface area (Å²) in [6.45, 7) is 6.11. The third-order valence-corrected chi connectivity index (χ3v) is 5.45. The molecule has 1 aromatic heterocycles. The van der Waals surface area contributed by atoms with Gasteiger partial charge in [0.2, 0.25) is 10.0 Å². The van der Waals surface area contributed by atoms with Crippen LogP contribution in [-0.4, -0.2) is 28.1 Å². The van der Waals surface area contributed by atoms with Gasteiger partial charge in [-0.1, -0.05) is 13.8 Å². The van der Waals surface area contributed by atoms with Crippen molar-refractivity contribution < 1.29 is 8.42 Å². The molecule has 0 saturated carbocycles. The zero-order chi connectivity index (χ0) is 12.7. The van der Waals surface area contributed by atoms with Crippen molar-refractivity contribution in [1.82, 2.24) is 10.0 Å². The fraction of sp³-hybridized carbons (Fsp3) is 0.636. The molecule has 4 nitrogen and oxygen atoms in total. The Morgan fingerprint density at radius 2 is 1.89 bits per heavy atom. The van der Waals surface area contributed by atoms with E-state index in [0.717, 1.165) is 24.3 Å². The van der Waals surface area contributed by atoms with Gasteiger partial charge in [-0.05, 0) is 31.5 Å². The molecule has 18 heavy (non-hydrogen) atoms. The summed E-state index contributed by atoms with van der Waals surface area (Å²) in [5.41, 5.74) is 0. The van der Waals surface area contributed by atoms with Crippen LogP contribution in [0, 0.1) is 0 Å². The van der Waals surface area contributed by atoms with Crippen molar-refractivity contribution in [2.24, 2.45) is 0 Å². The van der Waals surface area contributed by atoms with Crippen molar-refractivity contribution in [3.8, 4) is 0 Å². The van der Waals surface area contributed by atoms with Gasteiger partial charge in [-0.15, -0.1) is 23.7 Å². The summed E-state index contributed by atoms with van der Waals surface area (Å²) in [5, 5.41) is 3.15. The van der Waals surface area contributed by atoms with Crippen LogP contribution in [0.3, 0.4) is 0 Å². The predicted molar refractivity (Wildman–Crippen MR) is 79.3 cm³/mol. The van der Waals surface area contributed by atoms with Crippen LogP contribution in [0.15, 0.2) is 16.3 Å². The van der Waals surface area contributed by atoms with Gasteiger partial charge in [-0.3, -0.25) is 0 Å². The molecule has 0 atom stereocenters. The van der Waals surface area contributed by atoms with E-state index in [9.17, 15) is 8.42 Å². The average Bonchev–Trinajstić information content (AvgIpc) is 2.78. The summed E-state index contributed by atoms with van der Waals surface area (Å²) >= 11 is 1.34. The van der Waals surface area contributed by atoms with Crippen LogP contribution in [0.5, 0.6) is 0 Å². The normalized spacial score (nSPS) is 11.2. The SMILES string of the molecule is CCCNCCNS(=O)(=O)c1ccc(CC)s1.Cl. The highest BCUT2D eigenvalue weighted by Gasteiger charge is 2.15. The van der Waals surface area contributed by atoms with Crippen LogP contribution < -0.4 is 10.0 Å². The Balaban J connectivity index is 0.00000289. The first-order chi connectivity index (χ1) is 8.10. The smallest absolute Gasteiger partial charge is 0.250 e. The third-order valence-electron chi connectivity index (χ3n) is 2.27. The first-order valence-electron chi connectivity index (χ1n) is 5.89. The second kappa shape index (κ2) is 8.87. The fourth-order valence-corrected chi connectivity index (χ4v) is 3.71. The predicted octanol–water partition coefficient (Wildman–Crippen LogP) is 2.01. The minimum atomic E-state index is -3.31. The van der Waals surface area contributed by atoms with E-state index in [1.807, 2.05) is 13.0 Å². The van der Waals surface area contributed by atoms with Gasteiger partial charge in [0.25, 0.3) is 0 Å². The molecular formula is C11H21ClN2O2S2. The number of rotatable bonds is 8. The Labute approximate surface area is 120 Å². The van der Waals surface area contributed by atoms with Crippen molar-refractivity contribution >= 4 is 33.8 Å². The van der Waals surface area contributed by atoms with Crippen molar-refractivity contribution in [3.05, 3.63) is 17.0 Å². The van der Waals surface area contributed by atoms with E-state index in [2.05, 4.69) is 17.0 Å². The Morgan fingerprint density at radius 1 is 1.17 bits per heavy atom. The number of aryl methyl sites for hydroxylation is 1. The molecule has 106 valence electrons. The maximum Gasteiger partial charge on any atom is 0.250 e. The standard InChI is InChI=1S/C11H20N2O2S2.ClH/c1-3-7-12-8-9-13-17(14,15)11-6-5-10(4-2)16-11;/h5-6,12-13H,3-4,7-9H2,1-2H3;1H. The lowest BCUT2D eigenvalue weighted by Gasteiger charge is -2.05. The van der Waals surface area contributed by atoms with Gasteiger partial charge in [0.1, 0.15) is 4.21 Å². The van der Waals surface area contributed by atoms with E-state index in [-0.39, 0.29) is 12.4 Å². The van der Waals surface area contributed by atoms with E-state index >= 15 is 0 Å². The Hall–Kier alpha value is -0.140. The molecule has 0 aliphatic rings. The van der Waals surface area contributed by atoms with E-state index in [1.54, 1.807) is 6.07 Å². The number of hydrogen-bond acceptors (Lipinski definition) is 4. The van der Waals surface area contributed by atoms with Crippen LogP contribution in [-0.2, 0) is 16.4 Å². The minimum absolute atomic E-state index is 0. The molecule has 0 aliphatic carbocycles. The Bertz CT molecular complexity index is 432. The van der Waals surface area contributed by atoms with Crippen molar-refractivity contribution in [1.29, 1.82) is 0 Å². The van der Waals surface area contributed by atoms with Gasteiger partial charge in [0.15, 0.2) is 0 Å². The van der Waals surface area contributed by atoms with Crippen LogP contribution in [0.25, 0.3) is 0 Å². The van der Waals surface area contributed by atoms with E-state index < -0.39 is 10.0 Å². The van der Waals surface area contributed by atoms with Crippen LogP contribution in [0.1, 0.15) is 25.1 Å². The summed E-state index contributed by atoms with van der Waals surface area (Å²) in [6.07, 6.45) is 1.93. The number of halogens is 1. The summed E-state index contributed by atoms with van der Waals surface area (Å²) in [6, 6.07) is 3.54. The van der Waals surface area contributed by atoms with Gasteiger partial charge in [0, 0.05) is 18.0 Å². The maximum absolute atomic E-state index is 11.9. The molecule has 0 bridgehead atoms. The zero-order valence-electron chi connectivity index (χ0n) is 10.7. The first-order valence-corrected chi connectivity index (χ1v) is 8.19. The molecule has 1 aromatic rings. The fourth-order valence-electron chi connectivity index (χ4n) is 1.34. The molecule has 0 fully saturated rings. The first kappa shape index (κ1) is 17.9. The molecule has 0 saturated heterocycles. The molecule has 0 aliphatic heterocycles. The van der Waals surface area contributed by atoms with Gasteiger partial charge in [-0.25, -0.2) is 13.1 Å². The summed E-state index contributed by atoms with van der Waals surface area (Å²) < 4.78 is 26.7. The molecule has 0 radical (unpaired) electrons. The van der Waals surface area contributed by atoms with Gasteiger partial charge in [-0.2, -0.15) is 0 Å². The molecule has 0 aromatic carbocycles. The van der Waals surface area contributed by atoms with Crippen LogP contribution >= 0.6 is 23.7 Å². The monoisotopic (exact) mass is 312 g/mol. The lowest BCUT2D eigenvalue weighted by atomic mass is 10.4. The molecular weight excluding hydrogens is 292 g/mol. The second-order valence-electron chi connectivity index (χ2n) is 3.72. The Kier molecular flexibility index (Phi) is 8.81. The topological polar surface area (TPSA) is 58.2 Å². The van der Waals surface area contributed by atoms with Crippen LogP contribution in [0.4, 0.5) is 0 Å². The summed E-state index contributed by atoms with van der Waals surface area (Å²) in [5.74, 6) is 0. The van der Waals surface area contributed by atoms with E-state index in [1.165, 1.54) is 11.3 Å². The largest absolute Gasteiger partial charge is 0.315 e. The second-order valence-corrected chi connectivity index (χ2v) is 6.88. The van der Waals surface area contributed by atoms with Gasteiger partial charge in [0.05, 0.1) is 0 Å². The highest BCUT2D eigenvalue weighted by Crippen LogP contribution is 2.21. The molecule has 1 heterocycles. The van der Waals surface area contributed by atoms with Crippen LogP contribution in [0.2, 0.25) is 0 Å². The molecule has 0 unspecified atom stereocenters. The van der Waals surface area contributed by atoms with Crippen molar-refractivity contribution in [3.63, 3.8) is 0 Å². The highest BCUT2D eigenvalue weighted by atomic mass is 35.5. The lowest BCUT2D eigenvalue weighted by Crippen LogP contribution is -2.31. The van der Waals surface area contributed by atoms with Gasteiger partial charge >= 0.3 is 0 Å². The highest BCUT2D eigenvalue weighted by molar-refractivity contribution is 7.91. The summed E-state index contributed by atoms with van der Waals surface area (Å²) in [4.78, 5) is 1.09. The maximum atomic E-state index is 11.9. The van der Waals surface area contributed by atoms with E-state index in [0.29, 0.717) is 17.3 Å².